The van der Waals surface area contributed by atoms with E-state index in [2.05, 4.69) is 4.98 Å². The molecular weight excluding hydrogens is 416 g/mol. The third-order valence-corrected chi connectivity index (χ3v) is 7.69. The van der Waals surface area contributed by atoms with Crippen LogP contribution in [-0.4, -0.2) is 10.8 Å². The Morgan fingerprint density at radius 1 is 1.06 bits per heavy atom. The van der Waals surface area contributed by atoms with Crippen LogP contribution in [0.15, 0.2) is 48.7 Å². The first-order chi connectivity index (χ1) is 14.9. The maximum Gasteiger partial charge on any atom is 0.141 e. The number of rotatable bonds is 4. The molecule has 1 heterocycles. The van der Waals surface area contributed by atoms with Crippen LogP contribution in [0.1, 0.15) is 55.6 Å². The third kappa shape index (κ3) is 3.98. The first kappa shape index (κ1) is 20.6. The summed E-state index contributed by atoms with van der Waals surface area (Å²) in [4.78, 5) is 17.1. The first-order valence-electron chi connectivity index (χ1n) is 10.9. The molecule has 2 fully saturated rings. The van der Waals surface area contributed by atoms with Crippen LogP contribution in [0.4, 0.5) is 8.78 Å². The summed E-state index contributed by atoms with van der Waals surface area (Å²) in [5.41, 5.74) is 3.08. The molecule has 0 atom stereocenters. The van der Waals surface area contributed by atoms with Gasteiger partial charge in [-0.1, -0.05) is 17.7 Å². The summed E-state index contributed by atoms with van der Waals surface area (Å²) in [5, 5.41) is 0.986. The van der Waals surface area contributed by atoms with Gasteiger partial charge in [0, 0.05) is 23.9 Å². The molecule has 0 radical (unpaired) electrons. The lowest BCUT2D eigenvalue weighted by Gasteiger charge is -2.51. The fraction of sp³-hybridized carbons (Fsp3) is 0.385. The Morgan fingerprint density at radius 2 is 1.84 bits per heavy atom. The molecule has 0 N–H and O–H groups in total. The van der Waals surface area contributed by atoms with Gasteiger partial charge >= 0.3 is 0 Å². The monoisotopic (exact) mass is 439 g/mol. The molecule has 5 heteroatoms. The second-order valence-electron chi connectivity index (χ2n) is 9.33. The van der Waals surface area contributed by atoms with Crippen molar-refractivity contribution >= 4 is 28.3 Å². The van der Waals surface area contributed by atoms with Gasteiger partial charge in [-0.15, -0.1) is 0 Å². The number of ketones is 1. The van der Waals surface area contributed by atoms with Crippen molar-refractivity contribution < 1.29 is 13.6 Å². The lowest BCUT2D eigenvalue weighted by Crippen LogP contribution is -2.43. The van der Waals surface area contributed by atoms with E-state index in [0.29, 0.717) is 12.3 Å². The van der Waals surface area contributed by atoms with Gasteiger partial charge in [-0.05, 0) is 97.4 Å². The van der Waals surface area contributed by atoms with Crippen LogP contribution < -0.4 is 0 Å². The predicted octanol–water partition coefficient (Wildman–Crippen LogP) is 7.03. The topological polar surface area (TPSA) is 30.0 Å². The minimum Gasteiger partial charge on any atom is -0.299 e. The van der Waals surface area contributed by atoms with Crippen molar-refractivity contribution in [3.05, 3.63) is 76.4 Å². The van der Waals surface area contributed by atoms with E-state index in [-0.39, 0.29) is 28.0 Å². The van der Waals surface area contributed by atoms with E-state index in [9.17, 15) is 13.6 Å². The SMILES string of the molecule is O=C(Cc1ccc(F)c(Cl)c1)C1CC2(CCC(c3ccnc4ccc(F)cc34)CC2)C1. The largest absolute Gasteiger partial charge is 0.299 e. The van der Waals surface area contributed by atoms with Gasteiger partial charge in [0.15, 0.2) is 0 Å². The quantitative estimate of drug-likeness (QED) is 0.436. The van der Waals surface area contributed by atoms with E-state index < -0.39 is 5.82 Å². The van der Waals surface area contributed by atoms with Gasteiger partial charge in [0.05, 0.1) is 10.5 Å². The highest BCUT2D eigenvalue weighted by molar-refractivity contribution is 6.30. The van der Waals surface area contributed by atoms with Gasteiger partial charge in [0.1, 0.15) is 17.4 Å². The number of carbonyl (C=O) groups is 1. The standard InChI is InChI=1S/C26H24ClF2NO/c27-22-11-16(1-3-23(22)29)12-25(31)18-14-26(15-18)8-5-17(6-9-26)20-7-10-30-24-4-2-19(28)13-21(20)24/h1-4,7,10-11,13,17-18H,5-6,8-9,12,14-15H2. The number of hydrogen-bond donors (Lipinski definition) is 0. The summed E-state index contributed by atoms with van der Waals surface area (Å²) in [5.74, 6) is 0.0510. The van der Waals surface area contributed by atoms with Crippen molar-refractivity contribution in [2.75, 3.05) is 0 Å². The number of Topliss-reactive ketones (excluding diaryl/α,β-unsaturated/α-hetero) is 1. The number of halogens is 3. The number of aromatic nitrogens is 1. The lowest BCUT2D eigenvalue weighted by molar-refractivity contribution is -0.131. The second-order valence-corrected chi connectivity index (χ2v) is 9.74. The molecule has 31 heavy (non-hydrogen) atoms. The molecule has 1 aromatic heterocycles. The lowest BCUT2D eigenvalue weighted by atomic mass is 9.53. The van der Waals surface area contributed by atoms with Crippen LogP contribution in [0.3, 0.4) is 0 Å². The molecule has 5 rings (SSSR count). The fourth-order valence-corrected chi connectivity index (χ4v) is 5.86. The number of fused-ring (bicyclic) bond motifs is 1. The summed E-state index contributed by atoms with van der Waals surface area (Å²) in [6.07, 6.45) is 8.34. The molecule has 1 spiro atoms. The molecule has 160 valence electrons. The number of pyridine rings is 1. The Bertz CT molecular complexity index is 1150. The van der Waals surface area contributed by atoms with E-state index in [0.717, 1.165) is 55.0 Å². The van der Waals surface area contributed by atoms with Crippen LogP contribution in [0.5, 0.6) is 0 Å². The minimum atomic E-state index is -0.457. The van der Waals surface area contributed by atoms with Crippen molar-refractivity contribution in [1.82, 2.24) is 4.98 Å². The van der Waals surface area contributed by atoms with Gasteiger partial charge in [0.25, 0.3) is 0 Å². The molecule has 2 aliphatic rings. The molecule has 3 aromatic rings. The summed E-state index contributed by atoms with van der Waals surface area (Å²) in [6, 6.07) is 11.3. The molecule has 2 saturated carbocycles. The fourth-order valence-electron chi connectivity index (χ4n) is 5.65. The van der Waals surface area contributed by atoms with E-state index in [1.807, 2.05) is 12.3 Å². The van der Waals surface area contributed by atoms with Crippen molar-refractivity contribution in [1.29, 1.82) is 0 Å². The Labute approximate surface area is 185 Å². The average molecular weight is 440 g/mol. The first-order valence-corrected chi connectivity index (χ1v) is 11.3. The van der Waals surface area contributed by atoms with Crippen molar-refractivity contribution in [2.45, 2.75) is 50.9 Å². The molecule has 2 aliphatic carbocycles. The van der Waals surface area contributed by atoms with Crippen LogP contribution in [0, 0.1) is 23.0 Å². The Kier molecular flexibility index (Phi) is 5.29. The molecule has 2 nitrogen and oxygen atoms in total. The summed E-state index contributed by atoms with van der Waals surface area (Å²) in [6.45, 7) is 0. The smallest absolute Gasteiger partial charge is 0.141 e. The van der Waals surface area contributed by atoms with Crippen LogP contribution in [-0.2, 0) is 11.2 Å². The van der Waals surface area contributed by atoms with Gasteiger partial charge < -0.3 is 0 Å². The van der Waals surface area contributed by atoms with E-state index in [1.165, 1.54) is 17.7 Å². The van der Waals surface area contributed by atoms with Crippen LogP contribution in [0.2, 0.25) is 5.02 Å². The molecule has 0 unspecified atom stereocenters. The maximum atomic E-state index is 13.8. The molecule has 0 saturated heterocycles. The average Bonchev–Trinajstić information content (AvgIpc) is 2.74. The van der Waals surface area contributed by atoms with Crippen molar-refractivity contribution in [2.24, 2.45) is 11.3 Å². The number of benzene rings is 2. The molecule has 0 amide bonds. The molecule has 0 bridgehead atoms. The summed E-state index contributed by atoms with van der Waals surface area (Å²) >= 11 is 5.84. The molecular formula is C26H24ClF2NO. The summed E-state index contributed by atoms with van der Waals surface area (Å²) < 4.78 is 27.1. The maximum absolute atomic E-state index is 13.8. The highest BCUT2D eigenvalue weighted by Crippen LogP contribution is 2.57. The number of nitrogens with zero attached hydrogens (tertiary/aromatic N) is 1. The zero-order chi connectivity index (χ0) is 21.6. The third-order valence-electron chi connectivity index (χ3n) is 7.40. The van der Waals surface area contributed by atoms with Crippen LogP contribution >= 0.6 is 11.6 Å². The van der Waals surface area contributed by atoms with Gasteiger partial charge in [0.2, 0.25) is 0 Å². The van der Waals surface area contributed by atoms with E-state index in [1.54, 1.807) is 24.3 Å². The van der Waals surface area contributed by atoms with E-state index >= 15 is 0 Å². The second kappa shape index (κ2) is 7.98. The molecule has 2 aromatic carbocycles. The van der Waals surface area contributed by atoms with Gasteiger partial charge in [-0.3, -0.25) is 9.78 Å². The van der Waals surface area contributed by atoms with Gasteiger partial charge in [-0.25, -0.2) is 8.78 Å². The molecule has 0 aliphatic heterocycles. The zero-order valence-corrected chi connectivity index (χ0v) is 18.0. The van der Waals surface area contributed by atoms with E-state index in [4.69, 9.17) is 11.6 Å². The summed E-state index contributed by atoms with van der Waals surface area (Å²) in [7, 11) is 0. The van der Waals surface area contributed by atoms with Crippen LogP contribution in [0.25, 0.3) is 10.9 Å². The highest BCUT2D eigenvalue weighted by atomic mass is 35.5. The highest BCUT2D eigenvalue weighted by Gasteiger charge is 2.48. The zero-order valence-electron chi connectivity index (χ0n) is 17.2. The Hall–Kier alpha value is -2.33. The Balaban J connectivity index is 1.21. The normalized spacial score (nSPS) is 25.5. The number of carbonyl (C=O) groups excluding carboxylic acids is 1. The minimum absolute atomic E-state index is 0.0669. The van der Waals surface area contributed by atoms with Crippen molar-refractivity contribution in [3.8, 4) is 0 Å². The number of hydrogen-bond acceptors (Lipinski definition) is 2. The Morgan fingerprint density at radius 3 is 2.58 bits per heavy atom. The predicted molar refractivity (Wildman–Crippen MR) is 118 cm³/mol. The van der Waals surface area contributed by atoms with Gasteiger partial charge in [-0.2, -0.15) is 0 Å². The van der Waals surface area contributed by atoms with Crippen molar-refractivity contribution in [3.63, 3.8) is 0 Å².